The van der Waals surface area contributed by atoms with Gasteiger partial charge in [0.1, 0.15) is 5.65 Å². The van der Waals surface area contributed by atoms with E-state index in [9.17, 15) is 5.11 Å². The maximum atomic E-state index is 9.28. The number of rotatable bonds is 9. The zero-order valence-electron chi connectivity index (χ0n) is 21.1. The molecule has 2 aromatic carbocycles. The number of nitrogens with zero attached hydrogens (tertiary/aromatic N) is 2. The second-order valence-corrected chi connectivity index (χ2v) is 10.0. The van der Waals surface area contributed by atoms with Crippen LogP contribution in [0.4, 0.5) is 0 Å². The number of benzene rings is 2. The van der Waals surface area contributed by atoms with Gasteiger partial charge in [0, 0.05) is 46.9 Å². The number of nitrogens with one attached hydrogen (secondary N) is 1. The zero-order valence-corrected chi connectivity index (χ0v) is 21.1. The Morgan fingerprint density at radius 3 is 2.60 bits per heavy atom. The van der Waals surface area contributed by atoms with Crippen LogP contribution in [0, 0.1) is 12.8 Å². The van der Waals surface area contributed by atoms with Gasteiger partial charge in [-0.05, 0) is 55.4 Å². The fraction of sp³-hybridized carbons (Fsp3) is 0.387. The molecule has 2 heterocycles. The summed E-state index contributed by atoms with van der Waals surface area (Å²) < 4.78 is 2.31. The molecule has 0 amide bonds. The van der Waals surface area contributed by atoms with Crippen LogP contribution in [0.15, 0.2) is 66.9 Å². The Morgan fingerprint density at radius 2 is 1.89 bits per heavy atom. The summed E-state index contributed by atoms with van der Waals surface area (Å²) in [6, 6.07) is 20.0. The molecule has 0 saturated heterocycles. The highest BCUT2D eigenvalue weighted by Gasteiger charge is 2.28. The Balaban J connectivity index is 1.49. The molecular weight excluding hydrogens is 430 g/mol. The molecule has 1 saturated carbocycles. The predicted octanol–water partition coefficient (Wildman–Crippen LogP) is 6.32. The molecular formula is C31H37N3O. The van der Waals surface area contributed by atoms with Crippen LogP contribution in [0.3, 0.4) is 0 Å². The Labute approximate surface area is 208 Å². The van der Waals surface area contributed by atoms with Gasteiger partial charge in [0.05, 0.1) is 12.1 Å². The fourth-order valence-corrected chi connectivity index (χ4v) is 6.02. The molecule has 1 aliphatic carbocycles. The van der Waals surface area contributed by atoms with E-state index in [0.717, 1.165) is 29.9 Å². The topological polar surface area (TPSA) is 49.6 Å². The van der Waals surface area contributed by atoms with E-state index in [1.165, 1.54) is 59.0 Å². The van der Waals surface area contributed by atoms with Gasteiger partial charge in [-0.3, -0.25) is 4.40 Å². The summed E-state index contributed by atoms with van der Waals surface area (Å²) in [6.45, 7) is 9.39. The van der Waals surface area contributed by atoms with E-state index in [1.807, 2.05) is 0 Å². The summed E-state index contributed by atoms with van der Waals surface area (Å²) in [4.78, 5) is 5.06. The summed E-state index contributed by atoms with van der Waals surface area (Å²) >= 11 is 0. The van der Waals surface area contributed by atoms with E-state index >= 15 is 0 Å². The quantitative estimate of drug-likeness (QED) is 0.303. The molecule has 4 nitrogen and oxygen atoms in total. The molecule has 0 radical (unpaired) electrons. The summed E-state index contributed by atoms with van der Waals surface area (Å²) in [5, 5.41) is 13.9. The van der Waals surface area contributed by atoms with Crippen molar-refractivity contribution in [2.75, 3.05) is 13.2 Å². The minimum Gasteiger partial charge on any atom is -0.395 e. The number of aryl methyl sites for hydroxylation is 2. The number of aromatic nitrogens is 2. The molecule has 35 heavy (non-hydrogen) atoms. The van der Waals surface area contributed by atoms with E-state index in [-0.39, 0.29) is 6.61 Å². The first kappa shape index (κ1) is 23.6. The summed E-state index contributed by atoms with van der Waals surface area (Å²) in [5.74, 6) is 0.921. The lowest BCUT2D eigenvalue weighted by molar-refractivity contribution is 0.294. The van der Waals surface area contributed by atoms with Crippen molar-refractivity contribution in [2.45, 2.75) is 58.3 Å². The van der Waals surface area contributed by atoms with Gasteiger partial charge < -0.3 is 10.4 Å². The smallest absolute Gasteiger partial charge is 0.141 e. The van der Waals surface area contributed by atoms with Gasteiger partial charge in [-0.15, -0.1) is 0 Å². The lowest BCUT2D eigenvalue weighted by Crippen LogP contribution is -2.25. The molecule has 0 aliphatic heterocycles. The number of allylic oxidation sites excluding steroid dienone is 1. The van der Waals surface area contributed by atoms with Gasteiger partial charge in [0.2, 0.25) is 0 Å². The Bertz CT molecular complexity index is 1330. The first-order chi connectivity index (χ1) is 17.1. The molecule has 1 fully saturated rings. The fourth-order valence-electron chi connectivity index (χ4n) is 6.02. The summed E-state index contributed by atoms with van der Waals surface area (Å²) in [7, 11) is 0. The number of aliphatic hydroxyl groups is 1. The number of aliphatic hydroxyl groups excluding tert-OH is 1. The highest BCUT2D eigenvalue weighted by Crippen LogP contribution is 2.40. The Morgan fingerprint density at radius 1 is 1.14 bits per heavy atom. The van der Waals surface area contributed by atoms with Crippen molar-refractivity contribution in [2.24, 2.45) is 5.92 Å². The van der Waals surface area contributed by atoms with Crippen LogP contribution in [0.1, 0.15) is 66.6 Å². The third kappa shape index (κ3) is 4.60. The van der Waals surface area contributed by atoms with E-state index in [4.69, 9.17) is 4.98 Å². The third-order valence-electron chi connectivity index (χ3n) is 7.72. The van der Waals surface area contributed by atoms with Crippen molar-refractivity contribution in [3.05, 3.63) is 95.0 Å². The molecule has 1 aliphatic rings. The van der Waals surface area contributed by atoms with Gasteiger partial charge >= 0.3 is 0 Å². The third-order valence-corrected chi connectivity index (χ3v) is 7.72. The molecule has 4 heteroatoms. The molecule has 182 valence electrons. The number of fused-ring (bicyclic) bond motifs is 3. The minimum atomic E-state index is 0.127. The van der Waals surface area contributed by atoms with E-state index in [0.29, 0.717) is 18.4 Å². The zero-order chi connectivity index (χ0) is 24.4. The highest BCUT2D eigenvalue weighted by molar-refractivity contribution is 5.91. The van der Waals surface area contributed by atoms with Crippen LogP contribution in [-0.2, 0) is 12.8 Å². The van der Waals surface area contributed by atoms with Crippen LogP contribution in [0.5, 0.6) is 0 Å². The van der Waals surface area contributed by atoms with E-state index in [1.54, 1.807) is 0 Å². The predicted molar refractivity (Wildman–Crippen MR) is 145 cm³/mol. The van der Waals surface area contributed by atoms with Gasteiger partial charge in [0.15, 0.2) is 0 Å². The van der Waals surface area contributed by atoms with Crippen LogP contribution >= 0.6 is 0 Å². The van der Waals surface area contributed by atoms with E-state index < -0.39 is 0 Å². The van der Waals surface area contributed by atoms with Gasteiger partial charge in [-0.1, -0.05) is 68.8 Å². The average Bonchev–Trinajstić information content (AvgIpc) is 3.51. The van der Waals surface area contributed by atoms with Gasteiger partial charge in [-0.2, -0.15) is 0 Å². The SMILES string of the molecule is C=C(NCCO)C(c1ccc(Cc2c3ccccc3n3c(C)cc(CC)nc23)cc1)C1CCCC1. The normalized spacial score (nSPS) is 15.2. The molecule has 0 spiro atoms. The van der Waals surface area contributed by atoms with Crippen molar-refractivity contribution in [1.29, 1.82) is 0 Å². The van der Waals surface area contributed by atoms with Crippen molar-refractivity contribution in [3.63, 3.8) is 0 Å². The molecule has 1 atom stereocenters. The minimum absolute atomic E-state index is 0.127. The maximum Gasteiger partial charge on any atom is 0.141 e. The number of hydrogen-bond acceptors (Lipinski definition) is 3. The van der Waals surface area contributed by atoms with Crippen LogP contribution in [-0.4, -0.2) is 27.6 Å². The van der Waals surface area contributed by atoms with Crippen molar-refractivity contribution in [1.82, 2.24) is 14.7 Å². The molecule has 5 rings (SSSR count). The Kier molecular flexibility index (Phi) is 6.92. The maximum absolute atomic E-state index is 9.28. The van der Waals surface area contributed by atoms with Crippen molar-refractivity contribution >= 4 is 16.6 Å². The number of para-hydroxylation sites is 1. The molecule has 2 aromatic heterocycles. The van der Waals surface area contributed by atoms with Gasteiger partial charge in [-0.25, -0.2) is 4.98 Å². The Hall–Kier alpha value is -3.11. The molecule has 1 unspecified atom stereocenters. The summed E-state index contributed by atoms with van der Waals surface area (Å²) in [5.41, 5.74) is 9.65. The lowest BCUT2D eigenvalue weighted by Gasteiger charge is -2.27. The monoisotopic (exact) mass is 467 g/mol. The standard InChI is InChI=1S/C31H37N3O/c1-4-26-19-21(2)34-29-12-8-7-11-27(29)28(31(34)33-26)20-23-13-15-25(16-14-23)30(22(3)32-17-18-35)24-9-5-6-10-24/h7-8,11-16,19,24,30,32,35H,3-6,9-10,17-18,20H2,1-2H3. The second kappa shape index (κ2) is 10.2. The first-order valence-electron chi connectivity index (χ1n) is 13.1. The van der Waals surface area contributed by atoms with Crippen LogP contribution < -0.4 is 5.32 Å². The van der Waals surface area contributed by atoms with Crippen molar-refractivity contribution in [3.8, 4) is 0 Å². The molecule has 4 aromatic rings. The average molecular weight is 468 g/mol. The van der Waals surface area contributed by atoms with Gasteiger partial charge in [0.25, 0.3) is 0 Å². The largest absolute Gasteiger partial charge is 0.395 e. The second-order valence-electron chi connectivity index (χ2n) is 10.0. The highest BCUT2D eigenvalue weighted by atomic mass is 16.3. The molecule has 2 N–H and O–H groups in total. The van der Waals surface area contributed by atoms with E-state index in [2.05, 4.69) is 84.7 Å². The molecule has 0 bridgehead atoms. The number of hydrogen-bond donors (Lipinski definition) is 2. The summed E-state index contributed by atoms with van der Waals surface area (Å²) in [6.07, 6.45) is 6.89. The van der Waals surface area contributed by atoms with Crippen molar-refractivity contribution < 1.29 is 5.11 Å². The first-order valence-corrected chi connectivity index (χ1v) is 13.1. The van der Waals surface area contributed by atoms with Crippen LogP contribution in [0.2, 0.25) is 0 Å². The van der Waals surface area contributed by atoms with Crippen LogP contribution in [0.25, 0.3) is 16.6 Å². The lowest BCUT2D eigenvalue weighted by atomic mass is 9.82.